The summed E-state index contributed by atoms with van der Waals surface area (Å²) in [5.41, 5.74) is 0. The fourth-order valence-electron chi connectivity index (χ4n) is 7.38. The third-order valence-electron chi connectivity index (χ3n) is 11.5. The zero-order valence-electron chi connectivity index (χ0n) is 41.6. The Bertz CT molecular complexity index is 1150. The first-order chi connectivity index (χ1) is 31.0. The van der Waals surface area contributed by atoms with Crippen LogP contribution in [0.5, 0.6) is 0 Å². The molecule has 0 radical (unpaired) electrons. The summed E-state index contributed by atoms with van der Waals surface area (Å²) in [5.74, 6) is -0.911. The summed E-state index contributed by atoms with van der Waals surface area (Å²) in [7, 11) is 0. The number of unbranched alkanes of at least 4 members (excludes halogenated alkanes) is 27. The van der Waals surface area contributed by atoms with Crippen LogP contribution >= 0.6 is 0 Å². The summed E-state index contributed by atoms with van der Waals surface area (Å²) in [5, 5.41) is 0. The fourth-order valence-corrected chi connectivity index (χ4v) is 7.38. The van der Waals surface area contributed by atoms with Crippen LogP contribution in [-0.2, 0) is 28.6 Å². The molecule has 1 atom stereocenters. The van der Waals surface area contributed by atoms with Crippen LogP contribution in [0.2, 0.25) is 0 Å². The van der Waals surface area contributed by atoms with E-state index in [9.17, 15) is 14.4 Å². The van der Waals surface area contributed by atoms with Crippen LogP contribution in [0.15, 0.2) is 60.8 Å². The van der Waals surface area contributed by atoms with Crippen LogP contribution in [0.4, 0.5) is 0 Å². The molecule has 0 N–H and O–H groups in total. The summed E-state index contributed by atoms with van der Waals surface area (Å²) in [6.07, 6.45) is 63.4. The number of hydrogen-bond donors (Lipinski definition) is 0. The zero-order valence-corrected chi connectivity index (χ0v) is 41.6. The van der Waals surface area contributed by atoms with Gasteiger partial charge in [0.1, 0.15) is 13.2 Å². The largest absolute Gasteiger partial charge is 0.462 e. The highest BCUT2D eigenvalue weighted by atomic mass is 16.6. The Morgan fingerprint density at radius 2 is 0.571 bits per heavy atom. The van der Waals surface area contributed by atoms with E-state index >= 15 is 0 Å². The van der Waals surface area contributed by atoms with E-state index in [1.165, 1.54) is 128 Å². The molecular formula is C57H100O6. The average molecular weight is 881 g/mol. The van der Waals surface area contributed by atoms with Gasteiger partial charge in [-0.25, -0.2) is 0 Å². The third kappa shape index (κ3) is 50.0. The molecule has 0 unspecified atom stereocenters. The monoisotopic (exact) mass is 881 g/mol. The maximum absolute atomic E-state index is 12.8. The molecule has 63 heavy (non-hydrogen) atoms. The predicted octanol–water partition coefficient (Wildman–Crippen LogP) is 17.6. The molecule has 6 nitrogen and oxygen atoms in total. The lowest BCUT2D eigenvalue weighted by molar-refractivity contribution is -0.167. The Kier molecular flexibility index (Phi) is 49.4. The maximum atomic E-state index is 12.8. The molecule has 0 saturated heterocycles. The molecule has 0 fully saturated rings. The van der Waals surface area contributed by atoms with Gasteiger partial charge in [-0.3, -0.25) is 14.4 Å². The Labute approximate surface area is 390 Å². The van der Waals surface area contributed by atoms with E-state index in [4.69, 9.17) is 14.2 Å². The quantitative estimate of drug-likeness (QED) is 0.0262. The predicted molar refractivity (Wildman–Crippen MR) is 270 cm³/mol. The van der Waals surface area contributed by atoms with Crippen molar-refractivity contribution in [3.8, 4) is 0 Å². The standard InChI is InChI=1S/C57H100O6/c1-4-7-10-13-16-19-22-25-27-28-30-33-36-39-42-45-48-51-57(60)63-54(52-61-55(58)49-46-43-40-37-34-31-24-21-18-15-12-9-6-3)53-62-56(59)50-47-44-41-38-35-32-29-26-23-20-17-14-11-8-5-2/h16-17,19-21,24-27,29,54H,4-15,18,22-23,28,30-53H2,1-3H3/b19-16-,20-17-,24-21-,27-25-,29-26-/t54-/m0/s1. The molecular weight excluding hydrogens is 781 g/mol. The SMILES string of the molecule is CCCCC/C=C\C/C=C\CCCCCCCCCC(=O)O[C@H](COC(=O)CCCCCCC/C=C\C/C=C\CCCCC)COC(=O)CCCCCCC/C=C\CCCCCC. The Morgan fingerprint density at radius 3 is 0.921 bits per heavy atom. The molecule has 0 bridgehead atoms. The molecule has 0 aromatic carbocycles. The first-order valence-electron chi connectivity index (χ1n) is 26.8. The second-order valence-corrected chi connectivity index (χ2v) is 17.8. The van der Waals surface area contributed by atoms with Crippen LogP contribution in [-0.4, -0.2) is 37.2 Å². The first kappa shape index (κ1) is 60.1. The van der Waals surface area contributed by atoms with Crippen LogP contribution in [0, 0.1) is 0 Å². The molecule has 364 valence electrons. The van der Waals surface area contributed by atoms with Crippen molar-refractivity contribution in [2.45, 2.75) is 271 Å². The van der Waals surface area contributed by atoms with Crippen LogP contribution in [0.3, 0.4) is 0 Å². The maximum Gasteiger partial charge on any atom is 0.306 e. The molecule has 0 aliphatic rings. The van der Waals surface area contributed by atoms with Gasteiger partial charge in [-0.15, -0.1) is 0 Å². The smallest absolute Gasteiger partial charge is 0.306 e. The van der Waals surface area contributed by atoms with Crippen molar-refractivity contribution >= 4 is 17.9 Å². The van der Waals surface area contributed by atoms with Crippen LogP contribution in [0.25, 0.3) is 0 Å². The molecule has 0 spiro atoms. The molecule has 0 aromatic heterocycles. The average Bonchev–Trinajstić information content (AvgIpc) is 3.28. The molecule has 0 aliphatic carbocycles. The lowest BCUT2D eigenvalue weighted by atomic mass is 10.1. The van der Waals surface area contributed by atoms with Gasteiger partial charge in [-0.1, -0.05) is 197 Å². The van der Waals surface area contributed by atoms with E-state index in [2.05, 4.69) is 81.5 Å². The van der Waals surface area contributed by atoms with E-state index in [0.717, 1.165) is 96.3 Å². The van der Waals surface area contributed by atoms with Gasteiger partial charge in [0.25, 0.3) is 0 Å². The van der Waals surface area contributed by atoms with Crippen molar-refractivity contribution in [1.29, 1.82) is 0 Å². The Balaban J connectivity index is 4.42. The lowest BCUT2D eigenvalue weighted by Gasteiger charge is -2.18. The normalized spacial score (nSPS) is 12.5. The minimum absolute atomic E-state index is 0.0861. The summed E-state index contributed by atoms with van der Waals surface area (Å²) in [6.45, 7) is 6.56. The van der Waals surface area contributed by atoms with E-state index < -0.39 is 6.10 Å². The number of allylic oxidation sites excluding steroid dienone is 10. The first-order valence-corrected chi connectivity index (χ1v) is 26.8. The summed E-state index contributed by atoms with van der Waals surface area (Å²) >= 11 is 0. The van der Waals surface area contributed by atoms with Gasteiger partial charge < -0.3 is 14.2 Å². The van der Waals surface area contributed by atoms with Gasteiger partial charge in [0.2, 0.25) is 0 Å². The summed E-state index contributed by atoms with van der Waals surface area (Å²) in [6, 6.07) is 0. The second-order valence-electron chi connectivity index (χ2n) is 17.8. The van der Waals surface area contributed by atoms with Crippen LogP contribution in [0.1, 0.15) is 265 Å². The number of carbonyl (C=O) groups excluding carboxylic acids is 3. The highest BCUT2D eigenvalue weighted by Crippen LogP contribution is 2.14. The Morgan fingerprint density at radius 1 is 0.317 bits per heavy atom. The van der Waals surface area contributed by atoms with Crippen molar-refractivity contribution in [2.24, 2.45) is 0 Å². The minimum Gasteiger partial charge on any atom is -0.462 e. The van der Waals surface area contributed by atoms with E-state index in [-0.39, 0.29) is 31.1 Å². The molecule has 0 aliphatic heterocycles. The number of hydrogen-bond acceptors (Lipinski definition) is 6. The second kappa shape index (κ2) is 51.7. The van der Waals surface area contributed by atoms with Crippen molar-refractivity contribution in [1.82, 2.24) is 0 Å². The van der Waals surface area contributed by atoms with Gasteiger partial charge >= 0.3 is 17.9 Å². The van der Waals surface area contributed by atoms with Crippen LogP contribution < -0.4 is 0 Å². The summed E-state index contributed by atoms with van der Waals surface area (Å²) in [4.78, 5) is 38.0. The van der Waals surface area contributed by atoms with E-state index in [1.807, 2.05) is 0 Å². The van der Waals surface area contributed by atoms with Gasteiger partial charge in [-0.2, -0.15) is 0 Å². The van der Waals surface area contributed by atoms with E-state index in [1.54, 1.807) is 0 Å². The molecule has 0 heterocycles. The van der Waals surface area contributed by atoms with E-state index in [0.29, 0.717) is 19.3 Å². The van der Waals surface area contributed by atoms with Crippen molar-refractivity contribution in [3.63, 3.8) is 0 Å². The number of carbonyl (C=O) groups is 3. The fraction of sp³-hybridized carbons (Fsp3) is 0.772. The number of ether oxygens (including phenoxy) is 3. The van der Waals surface area contributed by atoms with Gasteiger partial charge in [0.15, 0.2) is 6.10 Å². The molecule has 0 saturated carbocycles. The zero-order chi connectivity index (χ0) is 45.8. The van der Waals surface area contributed by atoms with Gasteiger partial charge in [-0.05, 0) is 109 Å². The number of esters is 3. The Hall–Kier alpha value is -2.89. The minimum atomic E-state index is -0.787. The van der Waals surface area contributed by atoms with Crippen molar-refractivity contribution in [3.05, 3.63) is 60.8 Å². The number of rotatable bonds is 48. The van der Waals surface area contributed by atoms with Gasteiger partial charge in [0.05, 0.1) is 0 Å². The highest BCUT2D eigenvalue weighted by Gasteiger charge is 2.19. The summed E-state index contributed by atoms with van der Waals surface area (Å²) < 4.78 is 16.8. The van der Waals surface area contributed by atoms with Crippen molar-refractivity contribution in [2.75, 3.05) is 13.2 Å². The third-order valence-corrected chi connectivity index (χ3v) is 11.5. The van der Waals surface area contributed by atoms with Crippen molar-refractivity contribution < 1.29 is 28.6 Å². The molecule has 0 rings (SSSR count). The molecule has 0 amide bonds. The highest BCUT2D eigenvalue weighted by molar-refractivity contribution is 5.71. The topological polar surface area (TPSA) is 78.9 Å². The molecule has 6 heteroatoms. The lowest BCUT2D eigenvalue weighted by Crippen LogP contribution is -2.30. The van der Waals surface area contributed by atoms with Gasteiger partial charge in [0, 0.05) is 19.3 Å². The molecule has 0 aromatic rings.